The molecule has 0 atom stereocenters. The number of nitrogens with zero attached hydrogens (tertiary/aromatic N) is 2. The topological polar surface area (TPSA) is 122 Å². The van der Waals surface area contributed by atoms with E-state index in [0.717, 1.165) is 12.1 Å². The molecule has 9 nitrogen and oxygen atoms in total. The third kappa shape index (κ3) is 4.12. The molecule has 0 unspecified atom stereocenters. The van der Waals surface area contributed by atoms with Crippen molar-refractivity contribution in [3.05, 3.63) is 38.4 Å². The molecule has 0 saturated heterocycles. The largest absolute Gasteiger partial charge is 0.326 e. The van der Waals surface area contributed by atoms with Crippen molar-refractivity contribution in [3.8, 4) is 0 Å². The molecular weight excluding hydrogens is 274 g/mol. The first kappa shape index (κ1) is 14.7. The number of hydrogen-bond acceptors (Lipinski definition) is 6. The van der Waals surface area contributed by atoms with Gasteiger partial charge in [0.25, 0.3) is 11.4 Å². The van der Waals surface area contributed by atoms with Gasteiger partial charge in [0.1, 0.15) is 5.69 Å². The lowest BCUT2D eigenvalue weighted by atomic mass is 10.2. The molecule has 19 heavy (non-hydrogen) atoms. The first-order valence-electron chi connectivity index (χ1n) is 5.18. The van der Waals surface area contributed by atoms with E-state index in [2.05, 4.69) is 16.2 Å². The number of thiocarbonyl (C=S) groups is 1. The van der Waals surface area contributed by atoms with Crippen LogP contribution in [0.25, 0.3) is 0 Å². The highest BCUT2D eigenvalue weighted by molar-refractivity contribution is 7.80. The van der Waals surface area contributed by atoms with Gasteiger partial charge in [-0.05, 0) is 18.3 Å². The number of benzene rings is 1. The van der Waals surface area contributed by atoms with Gasteiger partial charge < -0.3 is 5.32 Å². The van der Waals surface area contributed by atoms with Gasteiger partial charge in [0.2, 0.25) is 0 Å². The Balaban J connectivity index is 2.97. The van der Waals surface area contributed by atoms with Crippen molar-refractivity contribution in [2.45, 2.75) is 6.92 Å². The number of rotatable bonds is 5. The van der Waals surface area contributed by atoms with Gasteiger partial charge in [-0.25, -0.2) is 5.43 Å². The zero-order valence-corrected chi connectivity index (χ0v) is 10.7. The van der Waals surface area contributed by atoms with Crippen LogP contribution < -0.4 is 16.2 Å². The predicted octanol–water partition coefficient (Wildman–Crippen LogP) is 1.31. The number of non-ortho nitro benzene ring substituents is 1. The highest BCUT2D eigenvalue weighted by Gasteiger charge is 2.19. The molecular formula is C9H11N5O4S. The minimum atomic E-state index is -0.717. The number of nitro groups is 2. The highest BCUT2D eigenvalue weighted by Crippen LogP contribution is 2.28. The molecule has 0 aliphatic heterocycles. The average Bonchev–Trinajstić information content (AvgIpc) is 2.36. The summed E-state index contributed by atoms with van der Waals surface area (Å²) in [6.45, 7) is 2.44. The maximum atomic E-state index is 10.9. The molecule has 1 aromatic carbocycles. The van der Waals surface area contributed by atoms with E-state index < -0.39 is 15.5 Å². The van der Waals surface area contributed by atoms with Gasteiger partial charge >= 0.3 is 0 Å². The summed E-state index contributed by atoms with van der Waals surface area (Å²) in [6, 6.07) is 3.26. The molecule has 0 spiro atoms. The highest BCUT2D eigenvalue weighted by atomic mass is 32.1. The predicted molar refractivity (Wildman–Crippen MR) is 72.8 cm³/mol. The van der Waals surface area contributed by atoms with Crippen molar-refractivity contribution < 1.29 is 9.85 Å². The average molecular weight is 285 g/mol. The van der Waals surface area contributed by atoms with Gasteiger partial charge in [0.05, 0.1) is 15.9 Å². The molecule has 0 amide bonds. The Morgan fingerprint density at radius 1 is 1.32 bits per heavy atom. The van der Waals surface area contributed by atoms with Crippen LogP contribution in [-0.2, 0) is 0 Å². The maximum Gasteiger partial charge on any atom is 0.299 e. The SMILES string of the molecule is CCNNC(=S)Nc1ccc([N+](=O)[O-])cc1[N+](=O)[O-]. The van der Waals surface area contributed by atoms with Crippen LogP contribution in [0.3, 0.4) is 0 Å². The van der Waals surface area contributed by atoms with Gasteiger partial charge in [0, 0.05) is 12.6 Å². The second-order valence-electron chi connectivity index (χ2n) is 3.33. The summed E-state index contributed by atoms with van der Waals surface area (Å²) in [6.07, 6.45) is 0. The van der Waals surface area contributed by atoms with Crippen molar-refractivity contribution in [2.24, 2.45) is 0 Å². The van der Waals surface area contributed by atoms with Crippen molar-refractivity contribution in [2.75, 3.05) is 11.9 Å². The molecule has 0 fully saturated rings. The summed E-state index contributed by atoms with van der Waals surface area (Å²) < 4.78 is 0. The lowest BCUT2D eigenvalue weighted by Crippen LogP contribution is -2.39. The Bertz CT molecular complexity index is 521. The van der Waals surface area contributed by atoms with Gasteiger partial charge in [-0.2, -0.15) is 0 Å². The molecule has 0 aliphatic rings. The van der Waals surface area contributed by atoms with Crippen LogP contribution in [0.15, 0.2) is 18.2 Å². The van der Waals surface area contributed by atoms with Crippen LogP contribution in [0, 0.1) is 20.2 Å². The number of hydrazine groups is 1. The fraction of sp³-hybridized carbons (Fsp3) is 0.222. The number of nitro benzene ring substituents is 2. The van der Waals surface area contributed by atoms with Crippen molar-refractivity contribution in [1.82, 2.24) is 10.9 Å². The van der Waals surface area contributed by atoms with E-state index >= 15 is 0 Å². The minimum Gasteiger partial charge on any atom is -0.326 e. The van der Waals surface area contributed by atoms with Crippen LogP contribution in [0.5, 0.6) is 0 Å². The van der Waals surface area contributed by atoms with Gasteiger partial charge in [-0.3, -0.25) is 25.7 Å². The lowest BCUT2D eigenvalue weighted by Gasteiger charge is -2.10. The Morgan fingerprint density at radius 2 is 2.00 bits per heavy atom. The Hall–Kier alpha value is -2.33. The smallest absolute Gasteiger partial charge is 0.299 e. The summed E-state index contributed by atoms with van der Waals surface area (Å²) in [5, 5.41) is 24.1. The van der Waals surface area contributed by atoms with Gasteiger partial charge in [-0.15, -0.1) is 0 Å². The van der Waals surface area contributed by atoms with Crippen LogP contribution in [0.4, 0.5) is 17.1 Å². The molecule has 0 aromatic heterocycles. The molecule has 102 valence electrons. The Kier molecular flexibility index (Phi) is 5.09. The monoisotopic (exact) mass is 285 g/mol. The summed E-state index contributed by atoms with van der Waals surface area (Å²) in [4.78, 5) is 20.0. The van der Waals surface area contributed by atoms with E-state index in [0.29, 0.717) is 6.54 Å². The maximum absolute atomic E-state index is 10.9. The zero-order chi connectivity index (χ0) is 14.4. The van der Waals surface area contributed by atoms with Crippen molar-refractivity contribution in [1.29, 1.82) is 0 Å². The molecule has 0 heterocycles. The molecule has 3 N–H and O–H groups in total. The zero-order valence-electron chi connectivity index (χ0n) is 9.87. The standard InChI is InChI=1S/C9H11N5O4S/c1-2-10-12-9(19)11-7-4-3-6(13(15)16)5-8(7)14(17)18/h3-5,10H,2H2,1H3,(H2,11,12,19). The van der Waals surface area contributed by atoms with E-state index in [9.17, 15) is 20.2 Å². The third-order valence-corrected chi connectivity index (χ3v) is 2.22. The summed E-state index contributed by atoms with van der Waals surface area (Å²) in [7, 11) is 0. The van der Waals surface area contributed by atoms with Gasteiger partial charge in [-0.1, -0.05) is 6.92 Å². The fourth-order valence-electron chi connectivity index (χ4n) is 1.21. The molecule has 1 aromatic rings. The van der Waals surface area contributed by atoms with Crippen molar-refractivity contribution >= 4 is 34.4 Å². The van der Waals surface area contributed by atoms with E-state index in [-0.39, 0.29) is 16.5 Å². The van der Waals surface area contributed by atoms with Crippen molar-refractivity contribution in [3.63, 3.8) is 0 Å². The van der Waals surface area contributed by atoms with Crippen LogP contribution in [0.1, 0.15) is 6.92 Å². The van der Waals surface area contributed by atoms with Crippen LogP contribution >= 0.6 is 12.2 Å². The first-order chi connectivity index (χ1) is 8.95. The van der Waals surface area contributed by atoms with Crippen LogP contribution in [0.2, 0.25) is 0 Å². The molecule has 0 aliphatic carbocycles. The second kappa shape index (κ2) is 6.56. The molecule has 0 radical (unpaired) electrons. The van der Waals surface area contributed by atoms with E-state index in [1.807, 2.05) is 6.92 Å². The number of hydrogen-bond donors (Lipinski definition) is 3. The lowest BCUT2D eigenvalue weighted by molar-refractivity contribution is -0.393. The molecule has 0 bridgehead atoms. The van der Waals surface area contributed by atoms with E-state index in [1.54, 1.807) is 0 Å². The summed E-state index contributed by atoms with van der Waals surface area (Å²) in [5.74, 6) is 0. The van der Waals surface area contributed by atoms with Gasteiger partial charge in [0.15, 0.2) is 5.11 Å². The normalized spacial score (nSPS) is 9.74. The van der Waals surface area contributed by atoms with E-state index in [4.69, 9.17) is 12.2 Å². The quantitative estimate of drug-likeness (QED) is 0.420. The fourth-order valence-corrected chi connectivity index (χ4v) is 1.39. The molecule has 10 heteroatoms. The molecule has 0 saturated carbocycles. The number of nitrogens with one attached hydrogen (secondary N) is 3. The van der Waals surface area contributed by atoms with E-state index in [1.165, 1.54) is 6.07 Å². The minimum absolute atomic E-state index is 0.0750. The number of anilines is 1. The third-order valence-electron chi connectivity index (χ3n) is 2.02. The molecule has 1 rings (SSSR count). The summed E-state index contributed by atoms with van der Waals surface area (Å²) in [5.41, 5.74) is 4.61. The Labute approximate surface area is 113 Å². The van der Waals surface area contributed by atoms with Crippen LogP contribution in [-0.4, -0.2) is 21.5 Å². The Morgan fingerprint density at radius 3 is 2.53 bits per heavy atom. The first-order valence-corrected chi connectivity index (χ1v) is 5.59. The summed E-state index contributed by atoms with van der Waals surface area (Å²) >= 11 is 4.89. The second-order valence-corrected chi connectivity index (χ2v) is 3.73.